The summed E-state index contributed by atoms with van der Waals surface area (Å²) in [5.41, 5.74) is 3.09. The number of ether oxygens (including phenoxy) is 4. The molecule has 0 aliphatic carbocycles. The maximum absolute atomic E-state index is 12.9. The Balaban J connectivity index is 1.42. The zero-order chi connectivity index (χ0) is 22.2. The Morgan fingerprint density at radius 2 is 1.97 bits per heavy atom. The van der Waals surface area contributed by atoms with Gasteiger partial charge in [-0.25, -0.2) is 4.79 Å². The van der Waals surface area contributed by atoms with E-state index in [9.17, 15) is 9.59 Å². The van der Waals surface area contributed by atoms with Crippen LogP contribution in [0.2, 0.25) is 5.02 Å². The molecule has 0 aromatic heterocycles. The van der Waals surface area contributed by atoms with E-state index in [1.165, 1.54) is 6.07 Å². The first-order valence-electron chi connectivity index (χ1n) is 9.88. The Hall–Kier alpha value is -3.61. The lowest BCUT2D eigenvalue weighted by Gasteiger charge is -2.20. The molecule has 32 heavy (non-hydrogen) atoms. The molecule has 0 atom stereocenters. The molecule has 0 fully saturated rings. The van der Waals surface area contributed by atoms with Crippen molar-refractivity contribution in [1.29, 1.82) is 0 Å². The van der Waals surface area contributed by atoms with Crippen LogP contribution in [-0.2, 0) is 11.3 Å². The van der Waals surface area contributed by atoms with Crippen molar-refractivity contribution in [3.05, 3.63) is 93.2 Å². The van der Waals surface area contributed by atoms with Crippen LogP contribution in [0.25, 0.3) is 6.08 Å². The molecule has 0 spiro atoms. The number of carbonyl (C=O) groups is 2. The van der Waals surface area contributed by atoms with Gasteiger partial charge in [0.1, 0.15) is 17.2 Å². The monoisotopic (exact) mass is 448 g/mol. The zero-order valence-electron chi connectivity index (χ0n) is 17.0. The molecule has 3 aromatic rings. The van der Waals surface area contributed by atoms with E-state index < -0.39 is 5.97 Å². The molecule has 0 radical (unpaired) electrons. The number of carbonyl (C=O) groups excluding carboxylic acids is 2. The number of aryl methyl sites for hydroxylation is 1. The van der Waals surface area contributed by atoms with Gasteiger partial charge in [-0.05, 0) is 48.9 Å². The van der Waals surface area contributed by atoms with E-state index >= 15 is 0 Å². The minimum absolute atomic E-state index is 0.120. The molecule has 0 N–H and O–H groups in total. The molecule has 7 heteroatoms. The molecule has 2 aliphatic heterocycles. The smallest absolute Gasteiger partial charge is 0.343 e. The van der Waals surface area contributed by atoms with E-state index in [0.717, 1.165) is 11.1 Å². The van der Waals surface area contributed by atoms with Crippen LogP contribution < -0.4 is 14.2 Å². The van der Waals surface area contributed by atoms with E-state index in [4.69, 9.17) is 30.5 Å². The number of benzene rings is 3. The van der Waals surface area contributed by atoms with Crippen LogP contribution >= 0.6 is 11.6 Å². The number of Topliss-reactive ketones (excluding diaryl/α,β-unsaturated/α-hetero) is 1. The van der Waals surface area contributed by atoms with Gasteiger partial charge >= 0.3 is 5.97 Å². The number of esters is 1. The van der Waals surface area contributed by atoms with Crippen molar-refractivity contribution < 1.29 is 28.5 Å². The Labute approximate surface area is 188 Å². The molecule has 0 saturated heterocycles. The second kappa shape index (κ2) is 8.15. The van der Waals surface area contributed by atoms with E-state index in [1.54, 1.807) is 42.5 Å². The normalized spacial score (nSPS) is 15.6. The first-order valence-corrected chi connectivity index (χ1v) is 10.3. The van der Waals surface area contributed by atoms with Crippen LogP contribution in [0.4, 0.5) is 0 Å². The van der Waals surface area contributed by atoms with Gasteiger partial charge in [0.25, 0.3) is 0 Å². The van der Waals surface area contributed by atoms with Crippen molar-refractivity contribution in [2.24, 2.45) is 0 Å². The maximum atomic E-state index is 12.9. The van der Waals surface area contributed by atoms with Crippen LogP contribution in [0.15, 0.2) is 60.4 Å². The molecule has 5 rings (SSSR count). The van der Waals surface area contributed by atoms with E-state index in [0.29, 0.717) is 39.8 Å². The summed E-state index contributed by atoms with van der Waals surface area (Å²) in [6.07, 6.45) is 1.59. The van der Waals surface area contributed by atoms with Gasteiger partial charge in [0.15, 0.2) is 12.6 Å². The molecule has 0 amide bonds. The second-order valence-electron chi connectivity index (χ2n) is 7.40. The lowest BCUT2D eigenvalue weighted by atomic mass is 10.1. The summed E-state index contributed by atoms with van der Waals surface area (Å²) in [4.78, 5) is 25.3. The zero-order valence-corrected chi connectivity index (χ0v) is 17.8. The number of rotatable bonds is 3. The van der Waals surface area contributed by atoms with Crippen molar-refractivity contribution in [3.63, 3.8) is 0 Å². The molecule has 3 aromatic carbocycles. The van der Waals surface area contributed by atoms with Crippen LogP contribution in [0.5, 0.6) is 17.2 Å². The molecule has 0 bridgehead atoms. The van der Waals surface area contributed by atoms with Crippen LogP contribution in [0.3, 0.4) is 0 Å². The van der Waals surface area contributed by atoms with Crippen LogP contribution in [0.1, 0.15) is 37.4 Å². The number of hydrogen-bond donors (Lipinski definition) is 0. The third-order valence-electron chi connectivity index (χ3n) is 5.21. The average Bonchev–Trinajstić information content (AvgIpc) is 3.08. The SMILES string of the molecule is Cc1ccccc1C(=O)Oc1ccc2c(c1)OC(=Cc1cc(Cl)cc3c1OCOC3)C2=O. The van der Waals surface area contributed by atoms with Gasteiger partial charge in [-0.1, -0.05) is 29.8 Å². The Bertz CT molecular complexity index is 1290. The Kier molecular flexibility index (Phi) is 5.17. The number of halogens is 1. The highest BCUT2D eigenvalue weighted by Gasteiger charge is 2.29. The van der Waals surface area contributed by atoms with Gasteiger partial charge in [0, 0.05) is 22.2 Å². The fraction of sp³-hybridized carbons (Fsp3) is 0.120. The summed E-state index contributed by atoms with van der Waals surface area (Å²) in [5, 5.41) is 0.498. The topological polar surface area (TPSA) is 71.1 Å². The number of ketones is 1. The Morgan fingerprint density at radius 3 is 2.81 bits per heavy atom. The standard InChI is InChI=1S/C25H17ClO6/c1-14-4-2-3-5-19(14)25(28)31-18-6-7-20-21(11-18)32-22(23(20)27)10-15-8-17(26)9-16-12-29-13-30-24(15)16/h2-11H,12-13H2,1H3. The van der Waals surface area contributed by atoms with Crippen LogP contribution in [-0.4, -0.2) is 18.5 Å². The van der Waals surface area contributed by atoms with E-state index in [-0.39, 0.29) is 24.1 Å². The fourth-order valence-electron chi connectivity index (χ4n) is 3.65. The third kappa shape index (κ3) is 3.75. The second-order valence-corrected chi connectivity index (χ2v) is 7.83. The summed E-state index contributed by atoms with van der Waals surface area (Å²) >= 11 is 6.21. The summed E-state index contributed by atoms with van der Waals surface area (Å²) < 4.78 is 22.2. The maximum Gasteiger partial charge on any atom is 0.343 e. The molecular formula is C25H17ClO6. The minimum atomic E-state index is -0.479. The van der Waals surface area contributed by atoms with Crippen molar-refractivity contribution in [2.75, 3.05) is 6.79 Å². The molecule has 0 saturated carbocycles. The first-order chi connectivity index (χ1) is 15.5. The van der Waals surface area contributed by atoms with Gasteiger partial charge in [0.05, 0.1) is 17.7 Å². The lowest BCUT2D eigenvalue weighted by molar-refractivity contribution is -0.0165. The first kappa shape index (κ1) is 20.3. The highest BCUT2D eigenvalue weighted by Crippen LogP contribution is 2.38. The minimum Gasteiger partial charge on any atom is -0.467 e. The predicted octanol–water partition coefficient (Wildman–Crippen LogP) is 5.35. The Morgan fingerprint density at radius 1 is 1.12 bits per heavy atom. The van der Waals surface area contributed by atoms with Gasteiger partial charge in [-0.2, -0.15) is 0 Å². The molecule has 160 valence electrons. The van der Waals surface area contributed by atoms with Gasteiger partial charge in [0.2, 0.25) is 5.78 Å². The largest absolute Gasteiger partial charge is 0.467 e. The summed E-state index contributed by atoms with van der Waals surface area (Å²) in [6.45, 7) is 2.33. The molecule has 6 nitrogen and oxygen atoms in total. The van der Waals surface area contributed by atoms with Gasteiger partial charge in [-0.15, -0.1) is 0 Å². The van der Waals surface area contributed by atoms with Crippen molar-refractivity contribution in [2.45, 2.75) is 13.5 Å². The molecular weight excluding hydrogens is 432 g/mol. The third-order valence-corrected chi connectivity index (χ3v) is 5.43. The predicted molar refractivity (Wildman–Crippen MR) is 117 cm³/mol. The summed E-state index contributed by atoms with van der Waals surface area (Å²) in [6, 6.07) is 15.3. The molecule has 2 aliphatic rings. The summed E-state index contributed by atoms with van der Waals surface area (Å²) in [7, 11) is 0. The molecule has 2 heterocycles. The molecule has 0 unspecified atom stereocenters. The van der Waals surface area contributed by atoms with Crippen molar-refractivity contribution in [1.82, 2.24) is 0 Å². The van der Waals surface area contributed by atoms with Crippen molar-refractivity contribution in [3.8, 4) is 17.2 Å². The number of fused-ring (bicyclic) bond motifs is 2. The quantitative estimate of drug-likeness (QED) is 0.305. The fourth-order valence-corrected chi connectivity index (χ4v) is 3.90. The van der Waals surface area contributed by atoms with Crippen LogP contribution in [0, 0.1) is 6.92 Å². The number of hydrogen-bond acceptors (Lipinski definition) is 6. The van der Waals surface area contributed by atoms with Crippen molar-refractivity contribution >= 4 is 29.4 Å². The highest BCUT2D eigenvalue weighted by atomic mass is 35.5. The highest BCUT2D eigenvalue weighted by molar-refractivity contribution is 6.31. The van der Waals surface area contributed by atoms with Gasteiger partial charge in [-0.3, -0.25) is 4.79 Å². The van der Waals surface area contributed by atoms with E-state index in [1.807, 2.05) is 19.1 Å². The summed E-state index contributed by atoms with van der Waals surface area (Å²) in [5.74, 6) is 0.573. The van der Waals surface area contributed by atoms with E-state index in [2.05, 4.69) is 0 Å². The number of allylic oxidation sites excluding steroid dienone is 1. The average molecular weight is 449 g/mol. The van der Waals surface area contributed by atoms with Gasteiger partial charge < -0.3 is 18.9 Å². The lowest BCUT2D eigenvalue weighted by Crippen LogP contribution is -2.12.